The van der Waals surface area contributed by atoms with Crippen LogP contribution in [0.5, 0.6) is 11.8 Å². The Kier molecular flexibility index (Phi) is 4.01. The maximum Gasteiger partial charge on any atom is 0.322 e. The zero-order valence-electron chi connectivity index (χ0n) is 10.8. The summed E-state index contributed by atoms with van der Waals surface area (Å²) in [5.41, 5.74) is 1.85. The van der Waals surface area contributed by atoms with Crippen molar-refractivity contribution in [3.63, 3.8) is 0 Å². The van der Waals surface area contributed by atoms with Gasteiger partial charge in [-0.2, -0.15) is 15.0 Å². The standard InChI is InChI=1S/C12H13ClN4O2/c1-7-4-5-8(18-2)6-9(7)14-11-15-10(13)16-12(17-11)19-3/h4-6H,1-3H3,(H,14,15,16,17). The summed E-state index contributed by atoms with van der Waals surface area (Å²) >= 11 is 5.79. The van der Waals surface area contributed by atoms with Gasteiger partial charge < -0.3 is 14.8 Å². The molecule has 0 saturated carbocycles. The van der Waals surface area contributed by atoms with Crippen LogP contribution in [-0.4, -0.2) is 29.2 Å². The predicted molar refractivity (Wildman–Crippen MR) is 72.4 cm³/mol. The second-order valence-electron chi connectivity index (χ2n) is 3.72. The van der Waals surface area contributed by atoms with Gasteiger partial charge >= 0.3 is 6.01 Å². The fourth-order valence-corrected chi connectivity index (χ4v) is 1.61. The number of aryl methyl sites for hydroxylation is 1. The molecule has 0 fully saturated rings. The molecule has 1 heterocycles. The third-order valence-electron chi connectivity index (χ3n) is 2.46. The molecule has 0 saturated heterocycles. The van der Waals surface area contributed by atoms with Crippen LogP contribution in [0.15, 0.2) is 18.2 Å². The van der Waals surface area contributed by atoms with Crippen LogP contribution in [0.4, 0.5) is 11.6 Å². The minimum absolute atomic E-state index is 0.0647. The zero-order valence-corrected chi connectivity index (χ0v) is 11.5. The maximum absolute atomic E-state index is 5.79. The van der Waals surface area contributed by atoms with Gasteiger partial charge in [-0.25, -0.2) is 0 Å². The van der Waals surface area contributed by atoms with Gasteiger partial charge in [-0.15, -0.1) is 0 Å². The molecule has 0 aliphatic heterocycles. The molecule has 0 atom stereocenters. The lowest BCUT2D eigenvalue weighted by Gasteiger charge is -2.10. The van der Waals surface area contributed by atoms with E-state index in [9.17, 15) is 0 Å². The minimum Gasteiger partial charge on any atom is -0.497 e. The average molecular weight is 281 g/mol. The highest BCUT2D eigenvalue weighted by Crippen LogP contribution is 2.24. The van der Waals surface area contributed by atoms with Crippen molar-refractivity contribution in [2.24, 2.45) is 0 Å². The third kappa shape index (κ3) is 3.23. The molecule has 19 heavy (non-hydrogen) atoms. The summed E-state index contributed by atoms with van der Waals surface area (Å²) in [5, 5.41) is 3.12. The first-order chi connectivity index (χ1) is 9.12. The Balaban J connectivity index is 2.32. The van der Waals surface area contributed by atoms with Gasteiger partial charge in [-0.1, -0.05) is 6.07 Å². The van der Waals surface area contributed by atoms with E-state index in [4.69, 9.17) is 21.1 Å². The summed E-state index contributed by atoms with van der Waals surface area (Å²) in [6.07, 6.45) is 0. The smallest absolute Gasteiger partial charge is 0.322 e. The number of hydrogen-bond donors (Lipinski definition) is 1. The van der Waals surface area contributed by atoms with Crippen LogP contribution < -0.4 is 14.8 Å². The molecule has 1 aromatic heterocycles. The van der Waals surface area contributed by atoms with E-state index >= 15 is 0 Å². The largest absolute Gasteiger partial charge is 0.497 e. The van der Waals surface area contributed by atoms with Crippen molar-refractivity contribution in [3.8, 4) is 11.8 Å². The van der Waals surface area contributed by atoms with E-state index in [0.29, 0.717) is 5.95 Å². The van der Waals surface area contributed by atoms with Crippen LogP contribution >= 0.6 is 11.6 Å². The monoisotopic (exact) mass is 280 g/mol. The van der Waals surface area contributed by atoms with E-state index in [1.807, 2.05) is 25.1 Å². The molecule has 1 N–H and O–H groups in total. The highest BCUT2D eigenvalue weighted by molar-refractivity contribution is 6.28. The number of hydrogen-bond acceptors (Lipinski definition) is 6. The zero-order chi connectivity index (χ0) is 13.8. The third-order valence-corrected chi connectivity index (χ3v) is 2.63. The molecule has 100 valence electrons. The number of rotatable bonds is 4. The van der Waals surface area contributed by atoms with Gasteiger partial charge in [0, 0.05) is 11.8 Å². The van der Waals surface area contributed by atoms with Crippen molar-refractivity contribution in [2.45, 2.75) is 6.92 Å². The number of aromatic nitrogens is 3. The first-order valence-electron chi connectivity index (χ1n) is 5.49. The van der Waals surface area contributed by atoms with Crippen molar-refractivity contribution in [1.29, 1.82) is 0 Å². The number of anilines is 2. The van der Waals surface area contributed by atoms with Crippen molar-refractivity contribution < 1.29 is 9.47 Å². The molecule has 0 radical (unpaired) electrons. The number of nitrogens with one attached hydrogen (secondary N) is 1. The highest BCUT2D eigenvalue weighted by Gasteiger charge is 2.07. The van der Waals surface area contributed by atoms with E-state index in [1.54, 1.807) is 7.11 Å². The van der Waals surface area contributed by atoms with Gasteiger partial charge in [0.1, 0.15) is 5.75 Å². The molecule has 0 aliphatic rings. The molecule has 2 aromatic rings. The first kappa shape index (κ1) is 13.4. The molecule has 2 rings (SSSR count). The summed E-state index contributed by atoms with van der Waals surface area (Å²) < 4.78 is 10.1. The SMILES string of the molecule is COc1ccc(C)c(Nc2nc(Cl)nc(OC)n2)c1. The Morgan fingerprint density at radius 1 is 1.11 bits per heavy atom. The lowest BCUT2D eigenvalue weighted by Crippen LogP contribution is -2.03. The molecule has 0 aliphatic carbocycles. The van der Waals surface area contributed by atoms with E-state index in [2.05, 4.69) is 20.3 Å². The average Bonchev–Trinajstić information content (AvgIpc) is 2.40. The van der Waals surface area contributed by atoms with Crippen LogP contribution in [-0.2, 0) is 0 Å². The fraction of sp³-hybridized carbons (Fsp3) is 0.250. The van der Waals surface area contributed by atoms with Crippen LogP contribution in [0.2, 0.25) is 5.28 Å². The second-order valence-corrected chi connectivity index (χ2v) is 4.06. The summed E-state index contributed by atoms with van der Waals surface area (Å²) in [5.74, 6) is 1.05. The number of ether oxygens (including phenoxy) is 2. The van der Waals surface area contributed by atoms with Crippen LogP contribution in [0, 0.1) is 6.92 Å². The van der Waals surface area contributed by atoms with Crippen molar-refractivity contribution in [3.05, 3.63) is 29.0 Å². The van der Waals surface area contributed by atoms with E-state index < -0.39 is 0 Å². The highest BCUT2D eigenvalue weighted by atomic mass is 35.5. The van der Waals surface area contributed by atoms with Gasteiger partial charge in [0.15, 0.2) is 0 Å². The van der Waals surface area contributed by atoms with Crippen LogP contribution in [0.1, 0.15) is 5.56 Å². The van der Waals surface area contributed by atoms with E-state index in [-0.39, 0.29) is 11.3 Å². The fourth-order valence-electron chi connectivity index (χ4n) is 1.46. The topological polar surface area (TPSA) is 69.2 Å². The molecular weight excluding hydrogens is 268 g/mol. The van der Waals surface area contributed by atoms with Crippen LogP contribution in [0.25, 0.3) is 0 Å². The number of halogens is 1. The first-order valence-corrected chi connectivity index (χ1v) is 5.87. The van der Waals surface area contributed by atoms with Gasteiger partial charge in [0.25, 0.3) is 0 Å². The Labute approximate surface area is 115 Å². The summed E-state index contributed by atoms with van der Waals surface area (Å²) in [6, 6.07) is 5.81. The van der Waals surface area contributed by atoms with Gasteiger partial charge in [0.05, 0.1) is 14.2 Å². The number of methoxy groups -OCH3 is 2. The molecule has 0 bridgehead atoms. The lowest BCUT2D eigenvalue weighted by atomic mass is 10.2. The second kappa shape index (κ2) is 5.71. The van der Waals surface area contributed by atoms with Crippen LogP contribution in [0.3, 0.4) is 0 Å². The normalized spacial score (nSPS) is 10.1. The molecule has 1 aromatic carbocycles. The maximum atomic E-state index is 5.79. The number of benzene rings is 1. The summed E-state index contributed by atoms with van der Waals surface area (Å²) in [6.45, 7) is 1.96. The Morgan fingerprint density at radius 3 is 2.58 bits per heavy atom. The quantitative estimate of drug-likeness (QED) is 0.928. The molecule has 0 amide bonds. The predicted octanol–water partition coefficient (Wildman–Crippen LogP) is 2.59. The lowest BCUT2D eigenvalue weighted by molar-refractivity contribution is 0.379. The van der Waals surface area contributed by atoms with Crippen molar-refractivity contribution in [2.75, 3.05) is 19.5 Å². The minimum atomic E-state index is 0.0647. The molecule has 7 heteroatoms. The molecule has 0 spiro atoms. The molecule has 6 nitrogen and oxygen atoms in total. The van der Waals surface area contributed by atoms with E-state index in [1.165, 1.54) is 7.11 Å². The van der Waals surface area contributed by atoms with Gasteiger partial charge in [-0.3, -0.25) is 0 Å². The van der Waals surface area contributed by atoms with Crippen molar-refractivity contribution >= 4 is 23.2 Å². The summed E-state index contributed by atoms with van der Waals surface area (Å²) in [7, 11) is 3.07. The number of nitrogens with zero attached hydrogens (tertiary/aromatic N) is 3. The van der Waals surface area contributed by atoms with E-state index in [0.717, 1.165) is 17.0 Å². The molecule has 0 unspecified atom stereocenters. The Bertz CT molecular complexity index is 592. The van der Waals surface area contributed by atoms with Gasteiger partial charge in [0.2, 0.25) is 11.2 Å². The Morgan fingerprint density at radius 2 is 1.89 bits per heavy atom. The summed E-state index contributed by atoms with van der Waals surface area (Å²) in [4.78, 5) is 11.9. The van der Waals surface area contributed by atoms with Gasteiger partial charge in [-0.05, 0) is 30.2 Å². The Hall–Kier alpha value is -2.08. The molecular formula is C12H13ClN4O2. The van der Waals surface area contributed by atoms with Crippen molar-refractivity contribution in [1.82, 2.24) is 15.0 Å².